The summed E-state index contributed by atoms with van der Waals surface area (Å²) in [4.78, 5) is 3.44. The lowest BCUT2D eigenvalue weighted by molar-refractivity contribution is 0.147. The second-order valence-electron chi connectivity index (χ2n) is 2.80. The van der Waals surface area contributed by atoms with Gasteiger partial charge in [0.25, 0.3) is 15.5 Å². The first kappa shape index (κ1) is 12.1. The highest BCUT2D eigenvalue weighted by atomic mass is 35.7. The Bertz CT molecular complexity index is 490. The van der Waals surface area contributed by atoms with E-state index in [-0.39, 0.29) is 11.4 Å². The number of pyridine rings is 1. The number of nitrogens with zero attached hydrogens (tertiary/aromatic N) is 1. The minimum absolute atomic E-state index is 0.00522. The van der Waals surface area contributed by atoms with Crippen molar-refractivity contribution in [3.05, 3.63) is 17.3 Å². The summed E-state index contributed by atoms with van der Waals surface area (Å²) in [6.45, 7) is 1.40. The molecule has 1 heterocycles. The summed E-state index contributed by atoms with van der Waals surface area (Å²) in [5.74, 6) is 0. The van der Waals surface area contributed by atoms with Crippen LogP contribution in [0.3, 0.4) is 0 Å². The van der Waals surface area contributed by atoms with Gasteiger partial charge >= 0.3 is 0 Å². The molecule has 1 rings (SSSR count). The summed E-state index contributed by atoms with van der Waals surface area (Å²) < 4.78 is 46.8. The van der Waals surface area contributed by atoms with E-state index in [1.165, 1.54) is 6.92 Å². The third-order valence-corrected chi connectivity index (χ3v) is 2.94. The summed E-state index contributed by atoms with van der Waals surface area (Å²) in [6, 6.07) is 0.863. The molecule has 0 saturated heterocycles. The first-order valence-corrected chi connectivity index (χ1v) is 6.04. The molecule has 1 aromatic rings. The third-order valence-electron chi connectivity index (χ3n) is 1.71. The predicted molar refractivity (Wildman–Crippen MR) is 51.4 cm³/mol. The number of aromatic nitrogens is 1. The van der Waals surface area contributed by atoms with E-state index in [1.54, 1.807) is 0 Å². The number of halogens is 3. The molecule has 0 atom stereocenters. The Morgan fingerprint density at radius 2 is 2.07 bits per heavy atom. The molecule has 0 radical (unpaired) electrons. The van der Waals surface area contributed by atoms with E-state index < -0.39 is 26.1 Å². The van der Waals surface area contributed by atoms with Crippen LogP contribution in [-0.4, -0.2) is 13.4 Å². The highest BCUT2D eigenvalue weighted by molar-refractivity contribution is 8.13. The summed E-state index contributed by atoms with van der Waals surface area (Å²) in [7, 11) is 0.675. The van der Waals surface area contributed by atoms with Crippen LogP contribution in [0.4, 0.5) is 14.5 Å². The summed E-state index contributed by atoms with van der Waals surface area (Å²) in [6.07, 6.45) is -3.00. The van der Waals surface area contributed by atoms with Gasteiger partial charge in [-0.25, -0.2) is 22.2 Å². The number of nitrogens with two attached hydrogens (primary N) is 1. The highest BCUT2D eigenvalue weighted by Crippen LogP contribution is 2.29. The molecule has 84 valence electrons. The average molecular weight is 257 g/mol. The zero-order valence-corrected chi connectivity index (χ0v) is 9.11. The maximum atomic E-state index is 12.5. The van der Waals surface area contributed by atoms with Crippen LogP contribution >= 0.6 is 10.7 Å². The van der Waals surface area contributed by atoms with Crippen LogP contribution in [0.5, 0.6) is 0 Å². The van der Waals surface area contributed by atoms with Crippen molar-refractivity contribution in [1.82, 2.24) is 4.98 Å². The van der Waals surface area contributed by atoms with E-state index in [0.29, 0.717) is 0 Å². The number of anilines is 1. The number of alkyl halides is 2. The largest absolute Gasteiger partial charge is 0.397 e. The first-order valence-electron chi connectivity index (χ1n) is 3.73. The number of rotatable bonds is 2. The molecule has 8 heteroatoms. The van der Waals surface area contributed by atoms with Gasteiger partial charge in [-0.3, -0.25) is 0 Å². The Labute approximate surface area is 89.5 Å². The van der Waals surface area contributed by atoms with Crippen molar-refractivity contribution >= 4 is 25.4 Å². The molecule has 15 heavy (non-hydrogen) atoms. The van der Waals surface area contributed by atoms with Crippen LogP contribution in [0.25, 0.3) is 0 Å². The Balaban J connectivity index is 3.56. The molecule has 0 aliphatic rings. The molecule has 0 aromatic carbocycles. The number of aryl methyl sites for hydroxylation is 1. The van der Waals surface area contributed by atoms with Crippen LogP contribution in [0, 0.1) is 6.92 Å². The second kappa shape index (κ2) is 3.90. The zero-order valence-electron chi connectivity index (χ0n) is 7.54. The van der Waals surface area contributed by atoms with Crippen molar-refractivity contribution in [3.8, 4) is 0 Å². The number of hydrogen-bond donors (Lipinski definition) is 1. The average Bonchev–Trinajstić information content (AvgIpc) is 2.06. The van der Waals surface area contributed by atoms with Gasteiger partial charge in [-0.1, -0.05) is 0 Å². The molecule has 0 bridgehead atoms. The SMILES string of the molecule is Cc1nc(S(=O)(=O)Cl)c(C(F)F)cc1N. The predicted octanol–water partition coefficient (Wildman–Crippen LogP) is 1.84. The Morgan fingerprint density at radius 1 is 1.53 bits per heavy atom. The molecule has 0 unspecified atom stereocenters. The highest BCUT2D eigenvalue weighted by Gasteiger charge is 2.24. The molecule has 0 aliphatic heterocycles. The maximum Gasteiger partial charge on any atom is 0.279 e. The fourth-order valence-electron chi connectivity index (χ4n) is 0.967. The number of hydrogen-bond acceptors (Lipinski definition) is 4. The third kappa shape index (κ3) is 2.54. The summed E-state index contributed by atoms with van der Waals surface area (Å²) >= 11 is 0. The second-order valence-corrected chi connectivity index (χ2v) is 5.28. The first-order chi connectivity index (χ1) is 6.73. The zero-order chi connectivity index (χ0) is 11.8. The lowest BCUT2D eigenvalue weighted by Crippen LogP contribution is -2.06. The minimum Gasteiger partial charge on any atom is -0.397 e. The molecule has 4 nitrogen and oxygen atoms in total. The van der Waals surface area contributed by atoms with E-state index in [9.17, 15) is 17.2 Å². The van der Waals surface area contributed by atoms with Crippen molar-refractivity contribution in [2.24, 2.45) is 0 Å². The van der Waals surface area contributed by atoms with Crippen molar-refractivity contribution in [2.75, 3.05) is 5.73 Å². The van der Waals surface area contributed by atoms with Crippen molar-refractivity contribution in [1.29, 1.82) is 0 Å². The fraction of sp³-hybridized carbons (Fsp3) is 0.286. The van der Waals surface area contributed by atoms with Crippen LogP contribution in [0.2, 0.25) is 0 Å². The van der Waals surface area contributed by atoms with E-state index in [1.807, 2.05) is 0 Å². The normalized spacial score (nSPS) is 12.1. The Kier molecular flexibility index (Phi) is 3.15. The van der Waals surface area contributed by atoms with E-state index in [0.717, 1.165) is 6.07 Å². The van der Waals surface area contributed by atoms with Gasteiger partial charge < -0.3 is 5.73 Å². The van der Waals surface area contributed by atoms with Gasteiger partial charge in [-0.05, 0) is 13.0 Å². The minimum atomic E-state index is -4.29. The molecule has 0 amide bonds. The topological polar surface area (TPSA) is 73.0 Å². The van der Waals surface area contributed by atoms with Gasteiger partial charge in [0.05, 0.1) is 16.9 Å². The lowest BCUT2D eigenvalue weighted by Gasteiger charge is -2.08. The maximum absolute atomic E-state index is 12.5. The van der Waals surface area contributed by atoms with Crippen LogP contribution in [0.1, 0.15) is 17.7 Å². The van der Waals surface area contributed by atoms with Gasteiger partial charge in [-0.2, -0.15) is 0 Å². The van der Waals surface area contributed by atoms with Gasteiger partial charge in [0, 0.05) is 10.7 Å². The molecular formula is C7H7ClF2N2O2S. The van der Waals surface area contributed by atoms with Crippen molar-refractivity contribution in [2.45, 2.75) is 18.4 Å². The Hall–Kier alpha value is -0.950. The van der Waals surface area contributed by atoms with Crippen molar-refractivity contribution in [3.63, 3.8) is 0 Å². The monoisotopic (exact) mass is 256 g/mol. The molecule has 2 N–H and O–H groups in total. The van der Waals surface area contributed by atoms with Crippen LogP contribution < -0.4 is 5.73 Å². The standard InChI is InChI=1S/C7H7ClF2N2O2S/c1-3-5(11)2-4(6(9)10)7(12-3)15(8,13)14/h2,6H,11H2,1H3. The molecule has 0 spiro atoms. The quantitative estimate of drug-likeness (QED) is 0.820. The van der Waals surface area contributed by atoms with Gasteiger partial charge in [-0.15, -0.1) is 0 Å². The Morgan fingerprint density at radius 3 is 2.47 bits per heavy atom. The van der Waals surface area contributed by atoms with Gasteiger partial charge in [0.15, 0.2) is 5.03 Å². The molecule has 1 aromatic heterocycles. The summed E-state index contributed by atoms with van der Waals surface area (Å²) in [5.41, 5.74) is 4.69. The molecular weight excluding hydrogens is 250 g/mol. The smallest absolute Gasteiger partial charge is 0.279 e. The molecule has 0 aliphatic carbocycles. The van der Waals surface area contributed by atoms with Crippen LogP contribution in [-0.2, 0) is 9.05 Å². The van der Waals surface area contributed by atoms with Gasteiger partial charge in [0.2, 0.25) is 0 Å². The van der Waals surface area contributed by atoms with Gasteiger partial charge in [0.1, 0.15) is 0 Å². The fourth-order valence-corrected chi connectivity index (χ4v) is 2.01. The van der Waals surface area contributed by atoms with E-state index in [2.05, 4.69) is 4.98 Å². The molecule has 0 saturated carbocycles. The van der Waals surface area contributed by atoms with Crippen molar-refractivity contribution < 1.29 is 17.2 Å². The lowest BCUT2D eigenvalue weighted by atomic mass is 10.2. The van der Waals surface area contributed by atoms with E-state index in [4.69, 9.17) is 16.4 Å². The molecule has 0 fully saturated rings. The van der Waals surface area contributed by atoms with Crippen LogP contribution in [0.15, 0.2) is 11.1 Å². The number of nitrogen functional groups attached to an aromatic ring is 1. The summed E-state index contributed by atoms with van der Waals surface area (Å²) in [5, 5.41) is -0.842. The van der Waals surface area contributed by atoms with E-state index >= 15 is 0 Å².